The van der Waals surface area contributed by atoms with E-state index in [1.165, 1.54) is 24.3 Å². The lowest BCUT2D eigenvalue weighted by molar-refractivity contribution is -0.384. The average molecular weight is 356 g/mol. The molecular weight excluding hydrogens is 336 g/mol. The van der Waals surface area contributed by atoms with Crippen molar-refractivity contribution in [2.75, 3.05) is 42.9 Å². The number of aromatic hydroxyl groups is 1. The van der Waals surface area contributed by atoms with Crippen LogP contribution in [0.5, 0.6) is 5.75 Å². The number of carbonyl (C=O) groups is 1. The minimum Gasteiger partial charge on any atom is -0.508 e. The predicted octanol–water partition coefficient (Wildman–Crippen LogP) is 2.06. The zero-order chi connectivity index (χ0) is 18.5. The summed E-state index contributed by atoms with van der Waals surface area (Å²) in [6, 6.07) is 12.9. The largest absolute Gasteiger partial charge is 0.508 e. The van der Waals surface area contributed by atoms with Crippen molar-refractivity contribution in [3.63, 3.8) is 0 Å². The van der Waals surface area contributed by atoms with Crippen LogP contribution in [0.4, 0.5) is 17.1 Å². The smallest absolute Gasteiger partial charge is 0.269 e. The van der Waals surface area contributed by atoms with Gasteiger partial charge in [0.05, 0.1) is 11.5 Å². The fourth-order valence-corrected chi connectivity index (χ4v) is 2.90. The van der Waals surface area contributed by atoms with Crippen molar-refractivity contribution in [3.05, 3.63) is 58.6 Å². The first-order chi connectivity index (χ1) is 12.5. The zero-order valence-electron chi connectivity index (χ0n) is 14.2. The van der Waals surface area contributed by atoms with Gasteiger partial charge in [-0.15, -0.1) is 0 Å². The summed E-state index contributed by atoms with van der Waals surface area (Å²) in [5, 5.41) is 22.8. The minimum atomic E-state index is -0.408. The molecule has 0 bridgehead atoms. The summed E-state index contributed by atoms with van der Waals surface area (Å²) in [4.78, 5) is 26.7. The lowest BCUT2D eigenvalue weighted by Crippen LogP contribution is -2.48. The third-order valence-electron chi connectivity index (χ3n) is 4.32. The molecule has 1 saturated heterocycles. The van der Waals surface area contributed by atoms with Crippen LogP contribution >= 0.6 is 0 Å². The number of phenolic OH excluding ortho intramolecular Hbond substituents is 1. The Hall–Kier alpha value is -3.13. The van der Waals surface area contributed by atoms with Gasteiger partial charge in [0.2, 0.25) is 5.91 Å². The number of nitrogens with one attached hydrogen (secondary N) is 1. The molecule has 1 fully saturated rings. The number of rotatable bonds is 5. The first-order valence-corrected chi connectivity index (χ1v) is 8.32. The maximum absolute atomic E-state index is 12.1. The van der Waals surface area contributed by atoms with Gasteiger partial charge in [0.1, 0.15) is 5.75 Å². The van der Waals surface area contributed by atoms with Crippen molar-refractivity contribution >= 4 is 23.0 Å². The summed E-state index contributed by atoms with van der Waals surface area (Å²) < 4.78 is 0. The van der Waals surface area contributed by atoms with Crippen LogP contribution < -0.4 is 10.2 Å². The summed E-state index contributed by atoms with van der Waals surface area (Å²) in [6.07, 6.45) is 0. The van der Waals surface area contributed by atoms with Gasteiger partial charge in [-0.3, -0.25) is 19.8 Å². The van der Waals surface area contributed by atoms with Gasteiger partial charge in [-0.2, -0.15) is 0 Å². The van der Waals surface area contributed by atoms with E-state index in [1.807, 2.05) is 0 Å². The Morgan fingerprint density at radius 3 is 2.23 bits per heavy atom. The topological polar surface area (TPSA) is 99.0 Å². The van der Waals surface area contributed by atoms with Crippen LogP contribution in [0.25, 0.3) is 0 Å². The first-order valence-electron chi connectivity index (χ1n) is 8.32. The lowest BCUT2D eigenvalue weighted by atomic mass is 10.2. The second-order valence-electron chi connectivity index (χ2n) is 6.13. The second kappa shape index (κ2) is 7.83. The Morgan fingerprint density at radius 1 is 1.04 bits per heavy atom. The number of phenols is 1. The number of nitro benzene ring substituents is 1. The van der Waals surface area contributed by atoms with Crippen LogP contribution in [0.3, 0.4) is 0 Å². The number of hydrogen-bond donors (Lipinski definition) is 2. The highest BCUT2D eigenvalue weighted by molar-refractivity contribution is 5.92. The molecule has 1 amide bonds. The number of non-ortho nitro benzene ring substituents is 1. The van der Waals surface area contributed by atoms with Crippen molar-refractivity contribution in [3.8, 4) is 5.75 Å². The van der Waals surface area contributed by atoms with Gasteiger partial charge in [-0.1, -0.05) is 0 Å². The maximum atomic E-state index is 12.1. The number of anilines is 2. The van der Waals surface area contributed by atoms with E-state index in [-0.39, 0.29) is 17.3 Å². The third-order valence-corrected chi connectivity index (χ3v) is 4.32. The number of amides is 1. The van der Waals surface area contributed by atoms with Crippen molar-refractivity contribution in [1.29, 1.82) is 0 Å². The highest BCUT2D eigenvalue weighted by Crippen LogP contribution is 2.20. The molecule has 2 N–H and O–H groups in total. The van der Waals surface area contributed by atoms with E-state index in [0.717, 1.165) is 31.9 Å². The standard InChI is InChI=1S/C18H20N4O4/c23-17-7-1-14(2-8-17)19-18(24)13-20-9-11-21(12-10-20)15-3-5-16(6-4-15)22(25)26/h1-8,23H,9-13H2,(H,19,24). The molecular formula is C18H20N4O4. The number of carbonyl (C=O) groups excluding carboxylic acids is 1. The number of nitrogens with zero attached hydrogens (tertiary/aromatic N) is 3. The molecule has 8 heteroatoms. The van der Waals surface area contributed by atoms with Gasteiger partial charge in [0, 0.05) is 49.7 Å². The van der Waals surface area contributed by atoms with Crippen molar-refractivity contribution in [2.24, 2.45) is 0 Å². The maximum Gasteiger partial charge on any atom is 0.269 e. The quantitative estimate of drug-likeness (QED) is 0.483. The summed E-state index contributed by atoms with van der Waals surface area (Å²) in [5.41, 5.74) is 1.68. The Morgan fingerprint density at radius 2 is 1.65 bits per heavy atom. The SMILES string of the molecule is O=C(CN1CCN(c2ccc([N+](=O)[O-])cc2)CC1)Nc1ccc(O)cc1. The van der Waals surface area contributed by atoms with E-state index in [2.05, 4.69) is 15.1 Å². The van der Waals surface area contributed by atoms with E-state index >= 15 is 0 Å². The molecule has 0 aromatic heterocycles. The van der Waals surface area contributed by atoms with Crippen LogP contribution in [0, 0.1) is 10.1 Å². The fourth-order valence-electron chi connectivity index (χ4n) is 2.90. The molecule has 26 heavy (non-hydrogen) atoms. The molecule has 2 aromatic carbocycles. The molecule has 0 atom stereocenters. The van der Waals surface area contributed by atoms with Crippen LogP contribution in [-0.2, 0) is 4.79 Å². The highest BCUT2D eigenvalue weighted by Gasteiger charge is 2.19. The van der Waals surface area contributed by atoms with E-state index in [9.17, 15) is 20.0 Å². The molecule has 1 aliphatic heterocycles. The van der Waals surface area contributed by atoms with E-state index in [4.69, 9.17) is 0 Å². The van der Waals surface area contributed by atoms with Crippen LogP contribution in [0.2, 0.25) is 0 Å². The first kappa shape index (κ1) is 17.7. The number of hydrogen-bond acceptors (Lipinski definition) is 6. The third kappa shape index (κ3) is 4.48. The van der Waals surface area contributed by atoms with Crippen LogP contribution in [-0.4, -0.2) is 53.6 Å². The Balaban J connectivity index is 1.48. The van der Waals surface area contributed by atoms with E-state index in [1.54, 1.807) is 24.3 Å². The molecule has 8 nitrogen and oxygen atoms in total. The summed E-state index contributed by atoms with van der Waals surface area (Å²) in [5.74, 6) is 0.0600. The van der Waals surface area contributed by atoms with Crippen molar-refractivity contribution < 1.29 is 14.8 Å². The normalized spacial score (nSPS) is 14.8. The zero-order valence-corrected chi connectivity index (χ0v) is 14.2. The molecule has 136 valence electrons. The molecule has 0 aliphatic carbocycles. The lowest BCUT2D eigenvalue weighted by Gasteiger charge is -2.35. The highest BCUT2D eigenvalue weighted by atomic mass is 16.6. The Labute approximate surface area is 150 Å². The van der Waals surface area contributed by atoms with Gasteiger partial charge in [0.15, 0.2) is 0 Å². The molecule has 1 aliphatic rings. The molecule has 0 radical (unpaired) electrons. The number of nitro groups is 1. The summed E-state index contributed by atoms with van der Waals surface area (Å²) in [6.45, 7) is 3.28. The monoisotopic (exact) mass is 356 g/mol. The van der Waals surface area contributed by atoms with Gasteiger partial charge >= 0.3 is 0 Å². The molecule has 0 unspecified atom stereocenters. The van der Waals surface area contributed by atoms with E-state index in [0.29, 0.717) is 12.2 Å². The van der Waals surface area contributed by atoms with Crippen LogP contribution in [0.15, 0.2) is 48.5 Å². The van der Waals surface area contributed by atoms with Gasteiger partial charge in [-0.05, 0) is 36.4 Å². The summed E-state index contributed by atoms with van der Waals surface area (Å²) >= 11 is 0. The van der Waals surface area contributed by atoms with Gasteiger partial charge < -0.3 is 15.3 Å². The average Bonchev–Trinajstić information content (AvgIpc) is 2.64. The Kier molecular flexibility index (Phi) is 5.33. The molecule has 3 rings (SSSR count). The second-order valence-corrected chi connectivity index (χ2v) is 6.13. The molecule has 0 saturated carbocycles. The predicted molar refractivity (Wildman–Crippen MR) is 98.5 cm³/mol. The van der Waals surface area contributed by atoms with Gasteiger partial charge in [-0.25, -0.2) is 0 Å². The van der Waals surface area contributed by atoms with E-state index < -0.39 is 4.92 Å². The molecule has 1 heterocycles. The molecule has 0 spiro atoms. The van der Waals surface area contributed by atoms with Crippen molar-refractivity contribution in [1.82, 2.24) is 4.90 Å². The van der Waals surface area contributed by atoms with Gasteiger partial charge in [0.25, 0.3) is 5.69 Å². The van der Waals surface area contributed by atoms with Crippen LogP contribution in [0.1, 0.15) is 0 Å². The Bertz CT molecular complexity index is 769. The fraction of sp³-hybridized carbons (Fsp3) is 0.278. The number of benzene rings is 2. The number of piperazine rings is 1. The molecule has 2 aromatic rings. The minimum absolute atomic E-state index is 0.0817. The summed E-state index contributed by atoms with van der Waals surface area (Å²) in [7, 11) is 0. The van der Waals surface area contributed by atoms with Crippen molar-refractivity contribution in [2.45, 2.75) is 0 Å².